The third-order valence-electron chi connectivity index (χ3n) is 4.03. The fourth-order valence-electron chi connectivity index (χ4n) is 2.26. The molecule has 0 bridgehead atoms. The Labute approximate surface area is 126 Å². The van der Waals surface area contributed by atoms with Crippen molar-refractivity contribution in [3.8, 4) is 0 Å². The second kappa shape index (κ2) is 6.43. The van der Waals surface area contributed by atoms with E-state index >= 15 is 0 Å². The van der Waals surface area contributed by atoms with E-state index in [0.29, 0.717) is 5.92 Å². The summed E-state index contributed by atoms with van der Waals surface area (Å²) in [5.74, 6) is 0.592. The maximum atomic E-state index is 6.34. The molecule has 2 unspecified atom stereocenters. The molecule has 0 heterocycles. The topological polar surface area (TPSA) is 26.0 Å². The lowest BCUT2D eigenvalue weighted by Gasteiger charge is -2.15. The van der Waals surface area contributed by atoms with Crippen molar-refractivity contribution in [3.05, 3.63) is 69.7 Å². The van der Waals surface area contributed by atoms with Crippen LogP contribution in [0.15, 0.2) is 42.5 Å². The Hall–Kier alpha value is -1.31. The van der Waals surface area contributed by atoms with Gasteiger partial charge >= 0.3 is 0 Å². The number of hydrogen-bond acceptors (Lipinski definition) is 1. The largest absolute Gasteiger partial charge is 0.320 e. The molecule has 0 amide bonds. The quantitative estimate of drug-likeness (QED) is 0.821. The average molecular weight is 288 g/mol. The smallest absolute Gasteiger partial charge is 0.0552 e. The van der Waals surface area contributed by atoms with Crippen LogP contribution in [0.1, 0.15) is 54.5 Å². The van der Waals surface area contributed by atoms with E-state index in [9.17, 15) is 0 Å². The van der Waals surface area contributed by atoms with Crippen LogP contribution in [0.3, 0.4) is 0 Å². The van der Waals surface area contributed by atoms with Gasteiger partial charge in [-0.25, -0.2) is 0 Å². The van der Waals surface area contributed by atoms with Crippen LogP contribution in [-0.4, -0.2) is 0 Å². The van der Waals surface area contributed by atoms with Crippen molar-refractivity contribution in [2.45, 2.75) is 39.2 Å². The Bertz CT molecular complexity index is 574. The molecule has 0 aliphatic carbocycles. The minimum atomic E-state index is -0.126. The maximum Gasteiger partial charge on any atom is 0.0552 e. The van der Waals surface area contributed by atoms with E-state index in [1.807, 2.05) is 19.1 Å². The number of benzene rings is 2. The van der Waals surface area contributed by atoms with Gasteiger partial charge < -0.3 is 5.73 Å². The highest BCUT2D eigenvalue weighted by molar-refractivity contribution is 6.31. The molecule has 2 atom stereocenters. The molecule has 20 heavy (non-hydrogen) atoms. The third-order valence-corrected chi connectivity index (χ3v) is 4.44. The van der Waals surface area contributed by atoms with Crippen molar-refractivity contribution in [1.29, 1.82) is 0 Å². The second-order valence-electron chi connectivity index (χ2n) is 5.46. The lowest BCUT2D eigenvalue weighted by Crippen LogP contribution is -2.12. The summed E-state index contributed by atoms with van der Waals surface area (Å²) in [6, 6.07) is 14.5. The summed E-state index contributed by atoms with van der Waals surface area (Å²) in [4.78, 5) is 0. The highest BCUT2D eigenvalue weighted by atomic mass is 35.5. The zero-order chi connectivity index (χ0) is 14.7. The van der Waals surface area contributed by atoms with Gasteiger partial charge in [-0.2, -0.15) is 0 Å². The molecular formula is C18H22ClN. The van der Waals surface area contributed by atoms with E-state index in [-0.39, 0.29) is 6.04 Å². The Morgan fingerprint density at radius 2 is 1.55 bits per heavy atom. The standard InChI is InChI=1S/C18H22ClN/c1-4-12(2)14-7-9-15(10-8-14)18(20)16-6-5-13(3)17(19)11-16/h5-12,18H,4,20H2,1-3H3. The third kappa shape index (κ3) is 3.23. The molecule has 106 valence electrons. The first-order valence-corrected chi connectivity index (χ1v) is 7.52. The normalized spacial score (nSPS) is 14.1. The van der Waals surface area contributed by atoms with Crippen molar-refractivity contribution in [3.63, 3.8) is 0 Å². The molecule has 0 saturated heterocycles. The Kier molecular flexibility index (Phi) is 4.85. The Morgan fingerprint density at radius 1 is 1.00 bits per heavy atom. The van der Waals surface area contributed by atoms with Crippen LogP contribution in [-0.2, 0) is 0 Å². The maximum absolute atomic E-state index is 6.34. The van der Waals surface area contributed by atoms with Gasteiger partial charge in [-0.1, -0.05) is 61.8 Å². The van der Waals surface area contributed by atoms with E-state index in [1.165, 1.54) is 5.56 Å². The minimum absolute atomic E-state index is 0.126. The fraction of sp³-hybridized carbons (Fsp3) is 0.333. The summed E-state index contributed by atoms with van der Waals surface area (Å²) >= 11 is 6.18. The molecule has 0 radical (unpaired) electrons. The minimum Gasteiger partial charge on any atom is -0.320 e. The van der Waals surface area contributed by atoms with E-state index < -0.39 is 0 Å². The van der Waals surface area contributed by atoms with Crippen LogP contribution in [0.5, 0.6) is 0 Å². The molecule has 2 rings (SSSR count). The molecule has 0 aromatic heterocycles. The van der Waals surface area contributed by atoms with Crippen LogP contribution in [0.25, 0.3) is 0 Å². The molecular weight excluding hydrogens is 266 g/mol. The van der Waals surface area contributed by atoms with Crippen LogP contribution < -0.4 is 5.73 Å². The molecule has 2 N–H and O–H groups in total. The molecule has 2 aromatic carbocycles. The van der Waals surface area contributed by atoms with Gasteiger partial charge in [0.1, 0.15) is 0 Å². The number of aryl methyl sites for hydroxylation is 1. The van der Waals surface area contributed by atoms with E-state index in [4.69, 9.17) is 17.3 Å². The average Bonchev–Trinajstić information content (AvgIpc) is 2.48. The van der Waals surface area contributed by atoms with Crippen LogP contribution >= 0.6 is 11.6 Å². The van der Waals surface area contributed by atoms with Crippen molar-refractivity contribution in [2.75, 3.05) is 0 Å². The molecule has 0 fully saturated rings. The number of nitrogens with two attached hydrogens (primary N) is 1. The van der Waals surface area contributed by atoms with Gasteiger partial charge in [-0.15, -0.1) is 0 Å². The van der Waals surface area contributed by atoms with Gasteiger partial charge in [0.25, 0.3) is 0 Å². The van der Waals surface area contributed by atoms with Gasteiger partial charge in [0.15, 0.2) is 0 Å². The van der Waals surface area contributed by atoms with Gasteiger partial charge in [-0.05, 0) is 47.6 Å². The number of hydrogen-bond donors (Lipinski definition) is 1. The molecule has 0 aliphatic rings. The first kappa shape index (κ1) is 15.1. The summed E-state index contributed by atoms with van der Waals surface area (Å²) < 4.78 is 0. The molecule has 1 nitrogen and oxygen atoms in total. The zero-order valence-corrected chi connectivity index (χ0v) is 13.1. The predicted octanol–water partition coefficient (Wildman–Crippen LogP) is 5.21. The van der Waals surface area contributed by atoms with E-state index in [0.717, 1.165) is 28.1 Å². The summed E-state index contributed by atoms with van der Waals surface area (Å²) in [5, 5.41) is 0.772. The van der Waals surface area contributed by atoms with Gasteiger partial charge in [0.2, 0.25) is 0 Å². The summed E-state index contributed by atoms with van der Waals surface area (Å²) in [5.41, 5.74) is 11.0. The Morgan fingerprint density at radius 3 is 2.10 bits per heavy atom. The van der Waals surface area contributed by atoms with Crippen molar-refractivity contribution in [1.82, 2.24) is 0 Å². The number of rotatable bonds is 4. The highest BCUT2D eigenvalue weighted by Gasteiger charge is 2.11. The van der Waals surface area contributed by atoms with E-state index in [2.05, 4.69) is 44.2 Å². The number of halogens is 1. The van der Waals surface area contributed by atoms with Crippen molar-refractivity contribution < 1.29 is 0 Å². The molecule has 2 heteroatoms. The second-order valence-corrected chi connectivity index (χ2v) is 5.87. The van der Waals surface area contributed by atoms with Gasteiger partial charge in [0, 0.05) is 5.02 Å². The summed E-state index contributed by atoms with van der Waals surface area (Å²) in [7, 11) is 0. The van der Waals surface area contributed by atoms with Gasteiger partial charge in [-0.3, -0.25) is 0 Å². The van der Waals surface area contributed by atoms with Crippen molar-refractivity contribution in [2.24, 2.45) is 5.73 Å². The first-order chi connectivity index (χ1) is 9.52. The lowest BCUT2D eigenvalue weighted by molar-refractivity contribution is 0.732. The lowest BCUT2D eigenvalue weighted by atomic mass is 9.94. The van der Waals surface area contributed by atoms with Crippen molar-refractivity contribution >= 4 is 11.6 Å². The molecule has 0 saturated carbocycles. The highest BCUT2D eigenvalue weighted by Crippen LogP contribution is 2.26. The zero-order valence-electron chi connectivity index (χ0n) is 12.4. The van der Waals surface area contributed by atoms with Gasteiger partial charge in [0.05, 0.1) is 6.04 Å². The SMILES string of the molecule is CCC(C)c1ccc(C(N)c2ccc(C)c(Cl)c2)cc1. The summed E-state index contributed by atoms with van der Waals surface area (Å²) in [6.45, 7) is 6.45. The van der Waals surface area contributed by atoms with Crippen LogP contribution in [0.2, 0.25) is 5.02 Å². The Balaban J connectivity index is 2.24. The monoisotopic (exact) mass is 287 g/mol. The molecule has 0 spiro atoms. The van der Waals surface area contributed by atoms with Crippen LogP contribution in [0.4, 0.5) is 0 Å². The fourth-order valence-corrected chi connectivity index (χ4v) is 2.45. The molecule has 0 aliphatic heterocycles. The van der Waals surface area contributed by atoms with E-state index in [1.54, 1.807) is 0 Å². The van der Waals surface area contributed by atoms with Crippen LogP contribution in [0, 0.1) is 6.92 Å². The summed E-state index contributed by atoms with van der Waals surface area (Å²) in [6.07, 6.45) is 1.15. The molecule has 2 aromatic rings. The predicted molar refractivity (Wildman–Crippen MR) is 87.4 cm³/mol. The first-order valence-electron chi connectivity index (χ1n) is 7.14.